The second kappa shape index (κ2) is 5.54. The fraction of sp³-hybridized carbons (Fsp3) is 0.462. The molecule has 0 spiro atoms. The molecule has 0 aliphatic carbocycles. The monoisotopic (exact) mass is 220 g/mol. The Morgan fingerprint density at radius 1 is 1.38 bits per heavy atom. The van der Waals surface area contributed by atoms with Crippen LogP contribution in [0.2, 0.25) is 0 Å². The maximum Gasteiger partial charge on any atom is 0.161 e. The van der Waals surface area contributed by atoms with Crippen LogP contribution in [0.25, 0.3) is 0 Å². The highest BCUT2D eigenvalue weighted by atomic mass is 16.1. The molecular formula is C13H20N2O. The SMILES string of the molecule is CCC(CC)Nc1ccc(N)c(C(C)=O)c1. The summed E-state index contributed by atoms with van der Waals surface area (Å²) in [4.78, 5) is 11.3. The topological polar surface area (TPSA) is 55.1 Å². The second-order valence-corrected chi connectivity index (χ2v) is 4.02. The summed E-state index contributed by atoms with van der Waals surface area (Å²) in [7, 11) is 0. The van der Waals surface area contributed by atoms with E-state index < -0.39 is 0 Å². The molecule has 0 atom stereocenters. The minimum absolute atomic E-state index is 0.00527. The first-order valence-corrected chi connectivity index (χ1v) is 5.75. The summed E-state index contributed by atoms with van der Waals surface area (Å²) in [6.07, 6.45) is 2.13. The molecule has 3 N–H and O–H groups in total. The molecule has 88 valence electrons. The Morgan fingerprint density at radius 3 is 2.50 bits per heavy atom. The number of hydrogen-bond acceptors (Lipinski definition) is 3. The average molecular weight is 220 g/mol. The highest BCUT2D eigenvalue weighted by Crippen LogP contribution is 2.20. The van der Waals surface area contributed by atoms with Crippen molar-refractivity contribution in [2.24, 2.45) is 0 Å². The maximum atomic E-state index is 11.3. The predicted octanol–water partition coefficient (Wildman–Crippen LogP) is 3.07. The fourth-order valence-electron chi connectivity index (χ4n) is 1.68. The summed E-state index contributed by atoms with van der Waals surface area (Å²) in [6, 6.07) is 5.97. The van der Waals surface area contributed by atoms with Crippen molar-refractivity contribution in [2.75, 3.05) is 11.1 Å². The van der Waals surface area contributed by atoms with Crippen LogP contribution in [0.3, 0.4) is 0 Å². The van der Waals surface area contributed by atoms with E-state index in [1.165, 1.54) is 6.92 Å². The van der Waals surface area contributed by atoms with Crippen LogP contribution in [0.1, 0.15) is 44.0 Å². The zero-order chi connectivity index (χ0) is 12.1. The van der Waals surface area contributed by atoms with Gasteiger partial charge in [0, 0.05) is 23.0 Å². The molecule has 3 nitrogen and oxygen atoms in total. The highest BCUT2D eigenvalue weighted by Gasteiger charge is 2.08. The predicted molar refractivity (Wildman–Crippen MR) is 68.9 cm³/mol. The molecular weight excluding hydrogens is 200 g/mol. The minimum Gasteiger partial charge on any atom is -0.398 e. The lowest BCUT2D eigenvalue weighted by Gasteiger charge is -2.17. The van der Waals surface area contributed by atoms with E-state index in [4.69, 9.17) is 5.73 Å². The van der Waals surface area contributed by atoms with E-state index in [0.717, 1.165) is 18.5 Å². The van der Waals surface area contributed by atoms with Crippen molar-refractivity contribution >= 4 is 17.2 Å². The average Bonchev–Trinajstić information content (AvgIpc) is 2.27. The van der Waals surface area contributed by atoms with Crippen LogP contribution >= 0.6 is 0 Å². The second-order valence-electron chi connectivity index (χ2n) is 4.02. The Morgan fingerprint density at radius 2 is 2.00 bits per heavy atom. The van der Waals surface area contributed by atoms with Gasteiger partial charge >= 0.3 is 0 Å². The van der Waals surface area contributed by atoms with Gasteiger partial charge in [-0.2, -0.15) is 0 Å². The third-order valence-electron chi connectivity index (χ3n) is 2.79. The number of rotatable bonds is 5. The summed E-state index contributed by atoms with van der Waals surface area (Å²) in [5.74, 6) is 0.00527. The van der Waals surface area contributed by atoms with Crippen LogP contribution in [0, 0.1) is 0 Å². The first-order valence-electron chi connectivity index (χ1n) is 5.75. The smallest absolute Gasteiger partial charge is 0.161 e. The molecule has 0 aromatic heterocycles. The van der Waals surface area contributed by atoms with Gasteiger partial charge < -0.3 is 11.1 Å². The number of carbonyl (C=O) groups excluding carboxylic acids is 1. The molecule has 0 saturated carbocycles. The van der Waals surface area contributed by atoms with Crippen LogP contribution in [0.4, 0.5) is 11.4 Å². The van der Waals surface area contributed by atoms with Gasteiger partial charge in [0.2, 0.25) is 0 Å². The van der Waals surface area contributed by atoms with Crippen molar-refractivity contribution in [2.45, 2.75) is 39.7 Å². The number of anilines is 2. The van der Waals surface area contributed by atoms with E-state index in [-0.39, 0.29) is 5.78 Å². The highest BCUT2D eigenvalue weighted by molar-refractivity contribution is 6.00. The van der Waals surface area contributed by atoms with Gasteiger partial charge in [-0.3, -0.25) is 4.79 Å². The van der Waals surface area contributed by atoms with Crippen molar-refractivity contribution in [1.29, 1.82) is 0 Å². The van der Waals surface area contributed by atoms with E-state index in [1.807, 2.05) is 12.1 Å². The summed E-state index contributed by atoms with van der Waals surface area (Å²) in [5, 5.41) is 3.39. The molecule has 0 fully saturated rings. The zero-order valence-electron chi connectivity index (χ0n) is 10.2. The molecule has 16 heavy (non-hydrogen) atoms. The first-order chi connectivity index (χ1) is 7.58. The Balaban J connectivity index is 2.90. The third-order valence-corrected chi connectivity index (χ3v) is 2.79. The van der Waals surface area contributed by atoms with Crippen LogP contribution in [0.5, 0.6) is 0 Å². The van der Waals surface area contributed by atoms with Crippen molar-refractivity contribution in [1.82, 2.24) is 0 Å². The largest absolute Gasteiger partial charge is 0.398 e. The van der Waals surface area contributed by atoms with Gasteiger partial charge in [0.15, 0.2) is 5.78 Å². The third kappa shape index (κ3) is 2.99. The van der Waals surface area contributed by atoms with E-state index in [1.54, 1.807) is 6.07 Å². The molecule has 0 amide bonds. The Kier molecular flexibility index (Phi) is 4.35. The molecule has 3 heteroatoms. The van der Waals surface area contributed by atoms with E-state index in [2.05, 4.69) is 19.2 Å². The zero-order valence-corrected chi connectivity index (χ0v) is 10.2. The van der Waals surface area contributed by atoms with Crippen molar-refractivity contribution in [3.05, 3.63) is 23.8 Å². The molecule has 1 rings (SSSR count). The lowest BCUT2D eigenvalue weighted by Crippen LogP contribution is -2.17. The lowest BCUT2D eigenvalue weighted by molar-refractivity contribution is 0.101. The standard InChI is InChI=1S/C13H20N2O/c1-4-10(5-2)15-11-6-7-13(14)12(8-11)9(3)16/h6-8,10,15H,4-5,14H2,1-3H3. The number of hydrogen-bond donors (Lipinski definition) is 2. The van der Waals surface area contributed by atoms with Crippen LogP contribution in [-0.2, 0) is 0 Å². The number of ketones is 1. The molecule has 0 aliphatic rings. The number of nitrogen functional groups attached to an aromatic ring is 1. The van der Waals surface area contributed by atoms with Crippen molar-refractivity contribution in [3.8, 4) is 0 Å². The van der Waals surface area contributed by atoms with Gasteiger partial charge in [0.1, 0.15) is 0 Å². The summed E-state index contributed by atoms with van der Waals surface area (Å²) < 4.78 is 0. The molecule has 0 bridgehead atoms. The number of benzene rings is 1. The van der Waals surface area contributed by atoms with Crippen LogP contribution < -0.4 is 11.1 Å². The molecule has 0 saturated heterocycles. The molecule has 0 aliphatic heterocycles. The Hall–Kier alpha value is -1.51. The van der Waals surface area contributed by atoms with Crippen molar-refractivity contribution < 1.29 is 4.79 Å². The van der Waals surface area contributed by atoms with E-state index in [9.17, 15) is 4.79 Å². The van der Waals surface area contributed by atoms with Crippen molar-refractivity contribution in [3.63, 3.8) is 0 Å². The molecule has 0 heterocycles. The number of nitrogens with one attached hydrogen (secondary N) is 1. The quantitative estimate of drug-likeness (QED) is 0.592. The van der Waals surface area contributed by atoms with Gasteiger partial charge in [0.25, 0.3) is 0 Å². The number of carbonyl (C=O) groups is 1. The fourth-order valence-corrected chi connectivity index (χ4v) is 1.68. The normalized spacial score (nSPS) is 10.5. The first kappa shape index (κ1) is 12.6. The van der Waals surface area contributed by atoms with E-state index in [0.29, 0.717) is 17.3 Å². The summed E-state index contributed by atoms with van der Waals surface area (Å²) in [5.41, 5.74) is 7.84. The maximum absolute atomic E-state index is 11.3. The van der Waals surface area contributed by atoms with Gasteiger partial charge in [-0.15, -0.1) is 0 Å². The van der Waals surface area contributed by atoms with Gasteiger partial charge in [-0.25, -0.2) is 0 Å². The number of Topliss-reactive ketones (excluding diaryl/α,β-unsaturated/α-hetero) is 1. The molecule has 1 aromatic carbocycles. The minimum atomic E-state index is 0.00527. The molecule has 1 aromatic rings. The lowest BCUT2D eigenvalue weighted by atomic mass is 10.1. The van der Waals surface area contributed by atoms with Gasteiger partial charge in [-0.05, 0) is 38.0 Å². The summed E-state index contributed by atoms with van der Waals surface area (Å²) in [6.45, 7) is 5.82. The molecule has 0 unspecified atom stereocenters. The van der Waals surface area contributed by atoms with Gasteiger partial charge in [0.05, 0.1) is 0 Å². The Labute approximate surface area is 97.0 Å². The van der Waals surface area contributed by atoms with Crippen LogP contribution in [0.15, 0.2) is 18.2 Å². The van der Waals surface area contributed by atoms with E-state index >= 15 is 0 Å². The summed E-state index contributed by atoms with van der Waals surface area (Å²) >= 11 is 0. The Bertz CT molecular complexity index is 370. The number of nitrogens with two attached hydrogens (primary N) is 1. The van der Waals surface area contributed by atoms with Crippen LogP contribution in [-0.4, -0.2) is 11.8 Å². The van der Waals surface area contributed by atoms with Gasteiger partial charge in [-0.1, -0.05) is 13.8 Å². The molecule has 0 radical (unpaired) electrons.